The largest absolute Gasteiger partial charge is 0.465 e. The summed E-state index contributed by atoms with van der Waals surface area (Å²) in [6.07, 6.45) is 8.86. The average molecular weight is 380 g/mol. The summed E-state index contributed by atoms with van der Waals surface area (Å²) in [5, 5.41) is 0. The van der Waals surface area contributed by atoms with Gasteiger partial charge < -0.3 is 14.4 Å². The SMILES string of the molecule is CCN(C)CCC(=O)OCC(C)COC(=O)CC12CC3CC(CC(C3)C1)C2. The van der Waals surface area contributed by atoms with E-state index in [9.17, 15) is 9.59 Å². The molecule has 4 saturated carbocycles. The zero-order valence-electron chi connectivity index (χ0n) is 17.4. The van der Waals surface area contributed by atoms with E-state index in [-0.39, 0.29) is 23.3 Å². The number of carbonyl (C=O) groups is 2. The summed E-state index contributed by atoms with van der Waals surface area (Å²) in [4.78, 5) is 26.3. The van der Waals surface area contributed by atoms with Gasteiger partial charge in [-0.2, -0.15) is 0 Å². The summed E-state index contributed by atoms with van der Waals surface area (Å²) < 4.78 is 10.9. The monoisotopic (exact) mass is 379 g/mol. The van der Waals surface area contributed by atoms with Crippen LogP contribution in [-0.2, 0) is 19.1 Å². The molecule has 27 heavy (non-hydrogen) atoms. The number of carbonyl (C=O) groups excluding carboxylic acids is 2. The third-order valence-corrected chi connectivity index (χ3v) is 6.98. The Kier molecular flexibility index (Phi) is 6.83. The fraction of sp³-hybridized carbons (Fsp3) is 0.909. The van der Waals surface area contributed by atoms with Crippen molar-refractivity contribution in [2.75, 3.05) is 33.4 Å². The highest BCUT2D eigenvalue weighted by Crippen LogP contribution is 2.61. The summed E-state index contributed by atoms with van der Waals surface area (Å²) in [7, 11) is 1.99. The normalized spacial score (nSPS) is 32.5. The molecule has 154 valence electrons. The van der Waals surface area contributed by atoms with E-state index in [1.54, 1.807) is 0 Å². The third-order valence-electron chi connectivity index (χ3n) is 6.98. The Bertz CT molecular complexity index is 497. The highest BCUT2D eigenvalue weighted by atomic mass is 16.5. The number of hydrogen-bond acceptors (Lipinski definition) is 5. The van der Waals surface area contributed by atoms with Crippen LogP contribution < -0.4 is 0 Å². The van der Waals surface area contributed by atoms with Crippen molar-refractivity contribution in [3.8, 4) is 0 Å². The molecule has 0 heterocycles. The average Bonchev–Trinajstić information content (AvgIpc) is 2.61. The van der Waals surface area contributed by atoms with Gasteiger partial charge in [-0.1, -0.05) is 13.8 Å². The molecule has 5 heteroatoms. The lowest BCUT2D eigenvalue weighted by molar-refractivity contribution is -0.154. The molecule has 4 bridgehead atoms. The molecule has 0 saturated heterocycles. The number of rotatable bonds is 10. The van der Waals surface area contributed by atoms with Crippen molar-refractivity contribution >= 4 is 11.9 Å². The van der Waals surface area contributed by atoms with Crippen LogP contribution in [0.2, 0.25) is 0 Å². The lowest BCUT2D eigenvalue weighted by atomic mass is 9.49. The van der Waals surface area contributed by atoms with Crippen LogP contribution in [0.5, 0.6) is 0 Å². The zero-order valence-corrected chi connectivity index (χ0v) is 17.4. The molecule has 0 aliphatic heterocycles. The molecule has 4 rings (SSSR count). The van der Waals surface area contributed by atoms with Gasteiger partial charge in [0.05, 0.1) is 26.1 Å². The van der Waals surface area contributed by atoms with Gasteiger partial charge in [0.15, 0.2) is 0 Å². The van der Waals surface area contributed by atoms with Gasteiger partial charge in [0.2, 0.25) is 0 Å². The van der Waals surface area contributed by atoms with Gasteiger partial charge in [-0.15, -0.1) is 0 Å². The topological polar surface area (TPSA) is 55.8 Å². The Hall–Kier alpha value is -1.10. The zero-order chi connectivity index (χ0) is 19.4. The van der Waals surface area contributed by atoms with E-state index in [1.165, 1.54) is 38.5 Å². The maximum absolute atomic E-state index is 12.4. The van der Waals surface area contributed by atoms with Crippen LogP contribution in [0.1, 0.15) is 65.2 Å². The summed E-state index contributed by atoms with van der Waals surface area (Å²) in [6, 6.07) is 0. The van der Waals surface area contributed by atoms with Gasteiger partial charge in [-0.25, -0.2) is 0 Å². The van der Waals surface area contributed by atoms with Crippen molar-refractivity contribution in [1.82, 2.24) is 4.90 Å². The van der Waals surface area contributed by atoms with E-state index in [1.807, 2.05) is 14.0 Å². The van der Waals surface area contributed by atoms with E-state index in [0.29, 0.717) is 32.6 Å². The quantitative estimate of drug-likeness (QED) is 0.542. The summed E-state index contributed by atoms with van der Waals surface area (Å²) in [6.45, 7) is 6.31. The lowest BCUT2D eigenvalue weighted by Gasteiger charge is -2.56. The van der Waals surface area contributed by atoms with Gasteiger partial charge >= 0.3 is 11.9 Å². The molecule has 1 unspecified atom stereocenters. The first-order valence-electron chi connectivity index (χ1n) is 10.9. The highest BCUT2D eigenvalue weighted by molar-refractivity contribution is 5.70. The minimum atomic E-state index is -0.179. The molecular formula is C22H37NO4. The van der Waals surface area contributed by atoms with E-state index in [4.69, 9.17) is 9.47 Å². The third kappa shape index (κ3) is 5.69. The fourth-order valence-corrected chi connectivity index (χ4v) is 5.89. The molecule has 0 amide bonds. The first-order chi connectivity index (χ1) is 12.9. The highest BCUT2D eigenvalue weighted by Gasteiger charge is 2.51. The van der Waals surface area contributed by atoms with E-state index < -0.39 is 0 Å². The van der Waals surface area contributed by atoms with Crippen molar-refractivity contribution < 1.29 is 19.1 Å². The van der Waals surface area contributed by atoms with Crippen molar-refractivity contribution in [3.63, 3.8) is 0 Å². The van der Waals surface area contributed by atoms with Crippen LogP contribution in [0.25, 0.3) is 0 Å². The molecule has 1 atom stereocenters. The second kappa shape index (κ2) is 8.93. The molecule has 0 aromatic heterocycles. The minimum absolute atomic E-state index is 0.0400. The van der Waals surface area contributed by atoms with Gasteiger partial charge in [0, 0.05) is 12.5 Å². The van der Waals surface area contributed by atoms with Gasteiger partial charge in [-0.05, 0) is 75.3 Å². The molecule has 0 radical (unpaired) electrons. The van der Waals surface area contributed by atoms with Gasteiger partial charge in [0.1, 0.15) is 0 Å². The van der Waals surface area contributed by atoms with Crippen LogP contribution in [0.4, 0.5) is 0 Å². The molecular weight excluding hydrogens is 342 g/mol. The Morgan fingerprint density at radius 3 is 2.04 bits per heavy atom. The number of nitrogens with zero attached hydrogens (tertiary/aromatic N) is 1. The van der Waals surface area contributed by atoms with E-state index in [2.05, 4.69) is 11.8 Å². The predicted octanol–water partition coefficient (Wildman–Crippen LogP) is 3.66. The number of hydrogen-bond donors (Lipinski definition) is 0. The van der Waals surface area contributed by atoms with Crippen molar-refractivity contribution in [2.24, 2.45) is 29.1 Å². The summed E-state index contributed by atoms with van der Waals surface area (Å²) >= 11 is 0. The maximum Gasteiger partial charge on any atom is 0.307 e. The Labute approximate surface area is 164 Å². The van der Waals surface area contributed by atoms with Crippen molar-refractivity contribution in [3.05, 3.63) is 0 Å². The first kappa shape index (κ1) is 20.6. The predicted molar refractivity (Wildman–Crippen MR) is 104 cm³/mol. The fourth-order valence-electron chi connectivity index (χ4n) is 5.89. The molecule has 0 N–H and O–H groups in total. The van der Waals surface area contributed by atoms with Crippen LogP contribution in [0.15, 0.2) is 0 Å². The smallest absolute Gasteiger partial charge is 0.307 e. The Morgan fingerprint density at radius 1 is 1.00 bits per heavy atom. The lowest BCUT2D eigenvalue weighted by Crippen LogP contribution is -2.47. The molecule has 4 aliphatic rings. The van der Waals surface area contributed by atoms with Crippen LogP contribution in [-0.4, -0.2) is 50.2 Å². The van der Waals surface area contributed by atoms with Crippen molar-refractivity contribution in [2.45, 2.75) is 65.2 Å². The molecule has 0 spiro atoms. The Balaban J connectivity index is 1.33. The van der Waals surface area contributed by atoms with E-state index >= 15 is 0 Å². The maximum atomic E-state index is 12.4. The number of esters is 2. The van der Waals surface area contributed by atoms with Gasteiger partial charge in [-0.3, -0.25) is 9.59 Å². The van der Waals surface area contributed by atoms with Crippen LogP contribution >= 0.6 is 0 Å². The van der Waals surface area contributed by atoms with Gasteiger partial charge in [0.25, 0.3) is 0 Å². The second-order valence-corrected chi connectivity index (χ2v) is 9.71. The van der Waals surface area contributed by atoms with Crippen LogP contribution in [0.3, 0.4) is 0 Å². The summed E-state index contributed by atoms with van der Waals surface area (Å²) in [5.41, 5.74) is 0.229. The first-order valence-corrected chi connectivity index (χ1v) is 10.9. The van der Waals surface area contributed by atoms with Crippen LogP contribution in [0, 0.1) is 29.1 Å². The molecule has 4 fully saturated rings. The van der Waals surface area contributed by atoms with E-state index in [0.717, 1.165) is 24.3 Å². The molecule has 0 aromatic carbocycles. The number of ether oxygens (including phenoxy) is 2. The standard InChI is InChI=1S/C22H37NO4/c1-4-23(3)6-5-20(24)26-14-16(2)15-27-21(25)13-22-10-17-7-18(11-22)9-19(8-17)12-22/h16-19H,4-15H2,1-3H3. The molecule has 0 aromatic rings. The Morgan fingerprint density at radius 2 is 1.52 bits per heavy atom. The molecule has 4 aliphatic carbocycles. The second-order valence-electron chi connectivity index (χ2n) is 9.71. The minimum Gasteiger partial charge on any atom is -0.465 e. The molecule has 5 nitrogen and oxygen atoms in total. The summed E-state index contributed by atoms with van der Waals surface area (Å²) in [5.74, 6) is 2.37. The van der Waals surface area contributed by atoms with Crippen molar-refractivity contribution in [1.29, 1.82) is 0 Å².